The molecule has 0 aromatic carbocycles. The average molecular weight is 162 g/mol. The predicted octanol–water partition coefficient (Wildman–Crippen LogP) is 2.60. The van der Waals surface area contributed by atoms with Crippen molar-refractivity contribution in [3.05, 3.63) is 60.8 Å². The molecule has 0 fully saturated rings. The number of rotatable bonds is 3. The molecule has 0 aromatic rings. The van der Waals surface area contributed by atoms with Gasteiger partial charge in [0, 0.05) is 6.08 Å². The fourth-order valence-corrected chi connectivity index (χ4v) is 0.792. The standard InChI is InChI=1S/C10H10O2/c1-2-12-10(11)8-7-9-5-3-4-6-9/h2-8,11H,1H2. The van der Waals surface area contributed by atoms with E-state index in [0.717, 1.165) is 5.57 Å². The molecule has 2 nitrogen and oxygen atoms in total. The Balaban J connectivity index is 2.56. The van der Waals surface area contributed by atoms with E-state index in [9.17, 15) is 0 Å². The van der Waals surface area contributed by atoms with E-state index in [-0.39, 0.29) is 5.95 Å². The Morgan fingerprint density at radius 1 is 1.42 bits per heavy atom. The summed E-state index contributed by atoms with van der Waals surface area (Å²) < 4.78 is 4.59. The van der Waals surface area contributed by atoms with E-state index >= 15 is 0 Å². The second kappa shape index (κ2) is 4.23. The Labute approximate surface area is 71.5 Å². The van der Waals surface area contributed by atoms with Gasteiger partial charge in [0.25, 0.3) is 5.95 Å². The van der Waals surface area contributed by atoms with Crippen molar-refractivity contribution in [1.82, 2.24) is 0 Å². The smallest absolute Gasteiger partial charge is 0.281 e. The molecule has 0 spiro atoms. The molecular weight excluding hydrogens is 152 g/mol. The molecule has 0 saturated carbocycles. The van der Waals surface area contributed by atoms with Crippen LogP contribution >= 0.6 is 0 Å². The molecule has 0 bridgehead atoms. The quantitative estimate of drug-likeness (QED) is 0.646. The molecule has 0 unspecified atom stereocenters. The van der Waals surface area contributed by atoms with Crippen LogP contribution in [0.4, 0.5) is 0 Å². The highest BCUT2D eigenvalue weighted by atomic mass is 16.6. The van der Waals surface area contributed by atoms with Crippen LogP contribution in [0.3, 0.4) is 0 Å². The van der Waals surface area contributed by atoms with Gasteiger partial charge in [-0.25, -0.2) is 0 Å². The predicted molar refractivity (Wildman–Crippen MR) is 48.4 cm³/mol. The summed E-state index contributed by atoms with van der Waals surface area (Å²) >= 11 is 0. The first-order chi connectivity index (χ1) is 5.83. The number of allylic oxidation sites excluding steroid dienone is 7. The van der Waals surface area contributed by atoms with Crippen molar-refractivity contribution < 1.29 is 9.84 Å². The second-order valence-corrected chi connectivity index (χ2v) is 2.17. The zero-order chi connectivity index (χ0) is 8.81. The van der Waals surface area contributed by atoms with Gasteiger partial charge in [-0.15, -0.1) is 0 Å². The van der Waals surface area contributed by atoms with Crippen molar-refractivity contribution >= 4 is 0 Å². The monoisotopic (exact) mass is 162 g/mol. The molecule has 0 atom stereocenters. The minimum Gasteiger partial charge on any atom is -0.481 e. The minimum absolute atomic E-state index is 0.161. The number of aliphatic hydroxyl groups is 1. The lowest BCUT2D eigenvalue weighted by atomic mass is 10.3. The highest BCUT2D eigenvalue weighted by molar-refractivity contribution is 5.41. The highest BCUT2D eigenvalue weighted by Gasteiger charge is 1.90. The third kappa shape index (κ3) is 2.50. The summed E-state index contributed by atoms with van der Waals surface area (Å²) in [6, 6.07) is 0. The Kier molecular flexibility index (Phi) is 2.96. The lowest BCUT2D eigenvalue weighted by molar-refractivity contribution is 0.169. The molecule has 0 aromatic heterocycles. The van der Waals surface area contributed by atoms with Crippen LogP contribution in [0.5, 0.6) is 0 Å². The number of hydrogen-bond acceptors (Lipinski definition) is 2. The van der Waals surface area contributed by atoms with Gasteiger partial charge in [-0.1, -0.05) is 30.9 Å². The fraction of sp³-hybridized carbons (Fsp3) is 0. The van der Waals surface area contributed by atoms with Crippen LogP contribution in [0, 0.1) is 0 Å². The summed E-state index contributed by atoms with van der Waals surface area (Å²) in [7, 11) is 0. The molecule has 1 rings (SSSR count). The van der Waals surface area contributed by atoms with Crippen LogP contribution in [-0.4, -0.2) is 5.11 Å². The van der Waals surface area contributed by atoms with Gasteiger partial charge < -0.3 is 9.84 Å². The first-order valence-corrected chi connectivity index (χ1v) is 3.56. The van der Waals surface area contributed by atoms with E-state index in [4.69, 9.17) is 5.11 Å². The van der Waals surface area contributed by atoms with Gasteiger partial charge in [-0.2, -0.15) is 0 Å². The topological polar surface area (TPSA) is 29.5 Å². The SMILES string of the molecule is C=COC(O)=CC=C1C=CC=C1. The lowest BCUT2D eigenvalue weighted by Crippen LogP contribution is -1.80. The number of hydrogen-bond donors (Lipinski definition) is 1. The van der Waals surface area contributed by atoms with E-state index in [1.807, 2.05) is 24.3 Å². The first-order valence-electron chi connectivity index (χ1n) is 3.56. The maximum absolute atomic E-state index is 8.98. The first kappa shape index (κ1) is 8.40. The van der Waals surface area contributed by atoms with Crippen LogP contribution in [0.1, 0.15) is 0 Å². The Morgan fingerprint density at radius 2 is 2.08 bits per heavy atom. The normalized spacial score (nSPS) is 15.0. The van der Waals surface area contributed by atoms with E-state index in [1.165, 1.54) is 12.3 Å². The molecule has 0 aliphatic heterocycles. The Morgan fingerprint density at radius 3 is 2.67 bits per heavy atom. The minimum atomic E-state index is -0.161. The molecule has 2 heteroatoms. The van der Waals surface area contributed by atoms with Gasteiger partial charge >= 0.3 is 0 Å². The number of ether oxygens (including phenoxy) is 1. The van der Waals surface area contributed by atoms with Crippen LogP contribution in [0.25, 0.3) is 0 Å². The van der Waals surface area contributed by atoms with E-state index in [2.05, 4.69) is 11.3 Å². The summed E-state index contributed by atoms with van der Waals surface area (Å²) in [6.45, 7) is 3.31. The molecule has 1 aliphatic rings. The molecule has 1 aliphatic carbocycles. The molecular formula is C10H10O2. The average Bonchev–Trinajstić information content (AvgIpc) is 2.53. The highest BCUT2D eigenvalue weighted by Crippen LogP contribution is 2.07. The van der Waals surface area contributed by atoms with Gasteiger partial charge in [0.1, 0.15) is 0 Å². The van der Waals surface area contributed by atoms with Gasteiger partial charge in [0.2, 0.25) is 0 Å². The Bertz CT molecular complexity index is 266. The second-order valence-electron chi connectivity index (χ2n) is 2.17. The van der Waals surface area contributed by atoms with E-state index in [1.54, 1.807) is 6.08 Å². The van der Waals surface area contributed by atoms with Crippen molar-refractivity contribution in [2.75, 3.05) is 0 Å². The van der Waals surface area contributed by atoms with Crippen molar-refractivity contribution in [2.24, 2.45) is 0 Å². The molecule has 12 heavy (non-hydrogen) atoms. The molecule has 1 N–H and O–H groups in total. The zero-order valence-electron chi connectivity index (χ0n) is 6.60. The number of aliphatic hydroxyl groups excluding tert-OH is 1. The summed E-state index contributed by atoms with van der Waals surface area (Å²) in [6.07, 6.45) is 12.1. The maximum atomic E-state index is 8.98. The van der Waals surface area contributed by atoms with Crippen LogP contribution < -0.4 is 0 Å². The van der Waals surface area contributed by atoms with Crippen LogP contribution in [0.2, 0.25) is 0 Å². The summed E-state index contributed by atoms with van der Waals surface area (Å²) in [5.41, 5.74) is 1.02. The molecule has 0 saturated heterocycles. The summed E-state index contributed by atoms with van der Waals surface area (Å²) in [4.78, 5) is 0. The molecule has 0 radical (unpaired) electrons. The van der Waals surface area contributed by atoms with Crippen molar-refractivity contribution in [3.8, 4) is 0 Å². The van der Waals surface area contributed by atoms with Crippen molar-refractivity contribution in [3.63, 3.8) is 0 Å². The molecule has 62 valence electrons. The Hall–Kier alpha value is -1.70. The third-order valence-electron chi connectivity index (χ3n) is 1.31. The lowest BCUT2D eigenvalue weighted by Gasteiger charge is -1.93. The van der Waals surface area contributed by atoms with Crippen LogP contribution in [0.15, 0.2) is 60.8 Å². The van der Waals surface area contributed by atoms with Gasteiger partial charge in [-0.05, 0) is 11.6 Å². The fourth-order valence-electron chi connectivity index (χ4n) is 0.792. The van der Waals surface area contributed by atoms with Gasteiger partial charge in [0.05, 0.1) is 6.26 Å². The molecule has 0 heterocycles. The van der Waals surface area contributed by atoms with Crippen molar-refractivity contribution in [2.45, 2.75) is 0 Å². The summed E-state index contributed by atoms with van der Waals surface area (Å²) in [5, 5.41) is 8.98. The van der Waals surface area contributed by atoms with E-state index in [0.29, 0.717) is 0 Å². The largest absolute Gasteiger partial charge is 0.481 e. The molecule has 0 amide bonds. The van der Waals surface area contributed by atoms with Crippen molar-refractivity contribution in [1.29, 1.82) is 0 Å². The summed E-state index contributed by atoms with van der Waals surface area (Å²) in [5.74, 6) is -0.161. The van der Waals surface area contributed by atoms with Gasteiger partial charge in [-0.3, -0.25) is 0 Å². The van der Waals surface area contributed by atoms with E-state index < -0.39 is 0 Å². The maximum Gasteiger partial charge on any atom is 0.281 e. The third-order valence-corrected chi connectivity index (χ3v) is 1.31. The van der Waals surface area contributed by atoms with Crippen LogP contribution in [-0.2, 0) is 4.74 Å². The zero-order valence-corrected chi connectivity index (χ0v) is 6.60. The van der Waals surface area contributed by atoms with Gasteiger partial charge in [0.15, 0.2) is 0 Å².